The number of hydrogen-bond donors (Lipinski definition) is 0. The third-order valence-corrected chi connectivity index (χ3v) is 6.00. The van der Waals surface area contributed by atoms with E-state index in [1.807, 2.05) is 6.92 Å². The van der Waals surface area contributed by atoms with Gasteiger partial charge < -0.3 is 4.57 Å². The van der Waals surface area contributed by atoms with E-state index in [1.54, 1.807) is 22.1 Å². The number of nitrogens with zero attached hydrogens (tertiary/aromatic N) is 4. The molecule has 1 aromatic rings. The Morgan fingerprint density at radius 3 is 2.84 bits per heavy atom. The minimum atomic E-state index is -3.45. The smallest absolute Gasteiger partial charge is 0.262 e. The number of hydrogen-bond acceptors (Lipinski definition) is 4. The van der Waals surface area contributed by atoms with Crippen LogP contribution in [0, 0.1) is 0 Å². The van der Waals surface area contributed by atoms with E-state index in [1.165, 1.54) is 12.7 Å². The Balaban J connectivity index is 1.88. The standard InChI is InChI=1S/C12H20N4O2S/c1-10-6-15-5-3-4-11(15)7-16(10)19(17,18)12-8-14(2)9-13-12/h8-11H,3-7H2,1-2H3/t10-,11+/m0/s1. The molecule has 0 N–H and O–H groups in total. The van der Waals surface area contributed by atoms with Gasteiger partial charge in [-0.25, -0.2) is 13.4 Å². The summed E-state index contributed by atoms with van der Waals surface area (Å²) < 4.78 is 28.6. The Labute approximate surface area is 114 Å². The van der Waals surface area contributed by atoms with Gasteiger partial charge in [0.15, 0.2) is 5.03 Å². The zero-order chi connectivity index (χ0) is 13.6. The second kappa shape index (κ2) is 4.57. The van der Waals surface area contributed by atoms with Crippen molar-refractivity contribution >= 4 is 10.0 Å². The fraction of sp³-hybridized carbons (Fsp3) is 0.750. The summed E-state index contributed by atoms with van der Waals surface area (Å²) in [7, 11) is -1.67. The summed E-state index contributed by atoms with van der Waals surface area (Å²) in [5, 5.41) is 0.160. The Kier molecular flexibility index (Phi) is 3.15. The van der Waals surface area contributed by atoms with E-state index >= 15 is 0 Å². The SMILES string of the molecule is C[C@H]1CN2CCC[C@@H]2CN1S(=O)(=O)c1cn(C)cn1. The van der Waals surface area contributed by atoms with Crippen LogP contribution in [0.1, 0.15) is 19.8 Å². The Morgan fingerprint density at radius 2 is 2.16 bits per heavy atom. The maximum Gasteiger partial charge on any atom is 0.262 e. The molecule has 2 saturated heterocycles. The molecule has 0 bridgehead atoms. The molecule has 2 aliphatic heterocycles. The molecule has 6 nitrogen and oxygen atoms in total. The van der Waals surface area contributed by atoms with Crippen molar-refractivity contribution in [2.75, 3.05) is 19.6 Å². The number of piperazine rings is 1. The monoisotopic (exact) mass is 284 g/mol. The molecule has 2 fully saturated rings. The predicted molar refractivity (Wildman–Crippen MR) is 71.2 cm³/mol. The van der Waals surface area contributed by atoms with Crippen molar-refractivity contribution in [3.05, 3.63) is 12.5 Å². The molecule has 0 aliphatic carbocycles. The maximum atomic E-state index is 12.6. The van der Waals surface area contributed by atoms with Crippen molar-refractivity contribution in [2.24, 2.45) is 7.05 Å². The minimum Gasteiger partial charge on any atom is -0.339 e. The number of sulfonamides is 1. The summed E-state index contributed by atoms with van der Waals surface area (Å²) >= 11 is 0. The molecule has 0 saturated carbocycles. The van der Waals surface area contributed by atoms with Crippen LogP contribution in [0.15, 0.2) is 17.6 Å². The molecule has 7 heteroatoms. The zero-order valence-corrected chi connectivity index (χ0v) is 12.2. The minimum absolute atomic E-state index is 0.0151. The van der Waals surface area contributed by atoms with Crippen LogP contribution in [0.4, 0.5) is 0 Å². The first-order chi connectivity index (χ1) is 8.98. The molecule has 0 radical (unpaired) electrons. The lowest BCUT2D eigenvalue weighted by atomic mass is 10.1. The molecule has 0 aromatic carbocycles. The highest BCUT2D eigenvalue weighted by Crippen LogP contribution is 2.28. The number of rotatable bonds is 2. The summed E-state index contributed by atoms with van der Waals surface area (Å²) in [6.45, 7) is 4.51. The van der Waals surface area contributed by atoms with E-state index in [0.29, 0.717) is 12.6 Å². The third-order valence-electron chi connectivity index (χ3n) is 4.13. The van der Waals surface area contributed by atoms with Gasteiger partial charge in [-0.3, -0.25) is 4.90 Å². The van der Waals surface area contributed by atoms with Crippen molar-refractivity contribution in [2.45, 2.75) is 36.9 Å². The molecular formula is C12H20N4O2S. The van der Waals surface area contributed by atoms with Gasteiger partial charge in [-0.1, -0.05) is 0 Å². The number of aromatic nitrogens is 2. The molecule has 0 unspecified atom stereocenters. The van der Waals surface area contributed by atoms with E-state index < -0.39 is 10.0 Å². The molecular weight excluding hydrogens is 264 g/mol. The first-order valence-corrected chi connectivity index (χ1v) is 8.16. The molecule has 19 heavy (non-hydrogen) atoms. The van der Waals surface area contributed by atoms with Crippen LogP contribution in [0.5, 0.6) is 0 Å². The zero-order valence-electron chi connectivity index (χ0n) is 11.4. The van der Waals surface area contributed by atoms with Crippen LogP contribution in [0.2, 0.25) is 0 Å². The van der Waals surface area contributed by atoms with E-state index in [0.717, 1.165) is 19.5 Å². The van der Waals surface area contributed by atoms with E-state index in [4.69, 9.17) is 0 Å². The highest BCUT2D eigenvalue weighted by atomic mass is 32.2. The van der Waals surface area contributed by atoms with Crippen LogP contribution >= 0.6 is 0 Å². The normalized spacial score (nSPS) is 29.6. The Morgan fingerprint density at radius 1 is 1.37 bits per heavy atom. The van der Waals surface area contributed by atoms with Crippen LogP contribution in [-0.4, -0.2) is 58.9 Å². The van der Waals surface area contributed by atoms with Crippen molar-refractivity contribution in [1.82, 2.24) is 18.8 Å². The van der Waals surface area contributed by atoms with Gasteiger partial charge in [0, 0.05) is 38.4 Å². The average Bonchev–Trinajstić information content (AvgIpc) is 2.96. The first kappa shape index (κ1) is 13.1. The van der Waals surface area contributed by atoms with Gasteiger partial charge >= 0.3 is 0 Å². The fourth-order valence-corrected chi connectivity index (χ4v) is 4.77. The Bertz CT molecular complexity index is 568. The van der Waals surface area contributed by atoms with Crippen LogP contribution < -0.4 is 0 Å². The van der Waals surface area contributed by atoms with Gasteiger partial charge in [0.1, 0.15) is 0 Å². The highest BCUT2D eigenvalue weighted by Gasteiger charge is 2.40. The van der Waals surface area contributed by atoms with Gasteiger partial charge in [0.05, 0.1) is 6.33 Å². The van der Waals surface area contributed by atoms with Gasteiger partial charge in [0.25, 0.3) is 10.0 Å². The molecule has 2 aliphatic rings. The first-order valence-electron chi connectivity index (χ1n) is 6.72. The number of fused-ring (bicyclic) bond motifs is 1. The number of imidazole rings is 1. The molecule has 0 amide bonds. The van der Waals surface area contributed by atoms with Crippen molar-refractivity contribution in [3.8, 4) is 0 Å². The largest absolute Gasteiger partial charge is 0.339 e. The molecule has 0 spiro atoms. The summed E-state index contributed by atoms with van der Waals surface area (Å²) in [5.41, 5.74) is 0. The predicted octanol–water partition coefficient (Wildman–Crippen LogP) is 0.277. The molecule has 1 aromatic heterocycles. The van der Waals surface area contributed by atoms with Gasteiger partial charge in [-0.2, -0.15) is 4.31 Å². The second-order valence-corrected chi connectivity index (χ2v) is 7.43. The van der Waals surface area contributed by atoms with E-state index in [-0.39, 0.29) is 11.1 Å². The van der Waals surface area contributed by atoms with Gasteiger partial charge in [0.2, 0.25) is 0 Å². The maximum absolute atomic E-state index is 12.6. The van der Waals surface area contributed by atoms with E-state index in [2.05, 4.69) is 9.88 Å². The summed E-state index contributed by atoms with van der Waals surface area (Å²) in [6, 6.07) is 0.399. The lowest BCUT2D eigenvalue weighted by molar-refractivity contribution is 0.117. The van der Waals surface area contributed by atoms with Crippen LogP contribution in [-0.2, 0) is 17.1 Å². The van der Waals surface area contributed by atoms with Crippen LogP contribution in [0.25, 0.3) is 0 Å². The van der Waals surface area contributed by atoms with Crippen LogP contribution in [0.3, 0.4) is 0 Å². The average molecular weight is 284 g/mol. The van der Waals surface area contributed by atoms with Crippen molar-refractivity contribution in [1.29, 1.82) is 0 Å². The lowest BCUT2D eigenvalue weighted by Gasteiger charge is -2.40. The topological polar surface area (TPSA) is 58.4 Å². The summed E-state index contributed by atoms with van der Waals surface area (Å²) in [5.74, 6) is 0. The number of aryl methyl sites for hydroxylation is 1. The molecule has 2 atom stereocenters. The van der Waals surface area contributed by atoms with Crippen molar-refractivity contribution in [3.63, 3.8) is 0 Å². The van der Waals surface area contributed by atoms with Gasteiger partial charge in [-0.15, -0.1) is 0 Å². The fourth-order valence-electron chi connectivity index (χ4n) is 3.14. The highest BCUT2D eigenvalue weighted by molar-refractivity contribution is 7.89. The van der Waals surface area contributed by atoms with Gasteiger partial charge in [-0.05, 0) is 26.3 Å². The Hall–Kier alpha value is -0.920. The quantitative estimate of drug-likeness (QED) is 0.782. The second-order valence-electron chi connectivity index (χ2n) is 5.59. The molecule has 3 heterocycles. The lowest BCUT2D eigenvalue weighted by Crippen LogP contribution is -2.56. The molecule has 3 rings (SSSR count). The van der Waals surface area contributed by atoms with Crippen molar-refractivity contribution < 1.29 is 8.42 Å². The molecule has 106 valence electrons. The summed E-state index contributed by atoms with van der Waals surface area (Å²) in [4.78, 5) is 6.41. The summed E-state index contributed by atoms with van der Waals surface area (Å²) in [6.07, 6.45) is 5.38. The third kappa shape index (κ3) is 2.19. The van der Waals surface area contributed by atoms with E-state index in [9.17, 15) is 8.42 Å².